The lowest BCUT2D eigenvalue weighted by Crippen LogP contribution is -2.45. The van der Waals surface area contributed by atoms with Crippen LogP contribution in [0.1, 0.15) is 28.8 Å². The van der Waals surface area contributed by atoms with Crippen molar-refractivity contribution in [2.75, 3.05) is 18.8 Å². The normalized spacial score (nSPS) is 16.9. The summed E-state index contributed by atoms with van der Waals surface area (Å²) in [6, 6.07) is 10.4. The Labute approximate surface area is 138 Å². The van der Waals surface area contributed by atoms with Gasteiger partial charge in [-0.25, -0.2) is 8.78 Å². The van der Waals surface area contributed by atoms with E-state index in [4.69, 9.17) is 5.73 Å². The fourth-order valence-electron chi connectivity index (χ4n) is 3.02. The molecule has 1 aliphatic heterocycles. The van der Waals surface area contributed by atoms with Gasteiger partial charge in [0.2, 0.25) is 0 Å². The van der Waals surface area contributed by atoms with E-state index in [-0.39, 0.29) is 37.4 Å². The standard InChI is InChI=1S/C18H18F2N2O2/c19-15-3-1-2-14(16(15)20)18(24)8-10-22(11-9-18)17(23)12-4-6-13(21)7-5-12/h1-7,24H,8-11,21H2. The maximum absolute atomic E-state index is 14.0. The van der Waals surface area contributed by atoms with Gasteiger partial charge in [0.05, 0.1) is 5.60 Å². The first-order valence-corrected chi connectivity index (χ1v) is 7.72. The van der Waals surface area contributed by atoms with Crippen molar-refractivity contribution >= 4 is 11.6 Å². The fourth-order valence-corrected chi connectivity index (χ4v) is 3.02. The number of nitrogen functional groups attached to an aromatic ring is 1. The molecule has 0 atom stereocenters. The number of hydrogen-bond acceptors (Lipinski definition) is 3. The van der Waals surface area contributed by atoms with Crippen molar-refractivity contribution in [2.24, 2.45) is 0 Å². The third kappa shape index (κ3) is 2.97. The molecule has 0 spiro atoms. The monoisotopic (exact) mass is 332 g/mol. The Morgan fingerprint density at radius 2 is 1.71 bits per heavy atom. The van der Waals surface area contributed by atoms with Crippen molar-refractivity contribution in [3.8, 4) is 0 Å². The lowest BCUT2D eigenvalue weighted by molar-refractivity contribution is -0.0240. The number of benzene rings is 2. The molecule has 3 N–H and O–H groups in total. The van der Waals surface area contributed by atoms with E-state index in [9.17, 15) is 18.7 Å². The highest BCUT2D eigenvalue weighted by molar-refractivity contribution is 5.94. The zero-order chi connectivity index (χ0) is 17.3. The van der Waals surface area contributed by atoms with Crippen LogP contribution in [0.15, 0.2) is 42.5 Å². The Hall–Kier alpha value is -2.47. The molecular weight excluding hydrogens is 314 g/mol. The predicted octanol–water partition coefficient (Wildman–Crippen LogP) is 2.67. The molecule has 4 nitrogen and oxygen atoms in total. The molecule has 0 aliphatic carbocycles. The van der Waals surface area contributed by atoms with Crippen LogP contribution in [0, 0.1) is 11.6 Å². The number of likely N-dealkylation sites (tertiary alicyclic amines) is 1. The van der Waals surface area contributed by atoms with E-state index in [0.717, 1.165) is 6.07 Å². The van der Waals surface area contributed by atoms with Gasteiger partial charge in [-0.05, 0) is 43.2 Å². The van der Waals surface area contributed by atoms with Gasteiger partial charge in [0.15, 0.2) is 11.6 Å². The molecule has 1 saturated heterocycles. The topological polar surface area (TPSA) is 66.6 Å². The minimum absolute atomic E-state index is 0.0536. The van der Waals surface area contributed by atoms with Crippen molar-refractivity contribution in [3.63, 3.8) is 0 Å². The first-order chi connectivity index (χ1) is 11.4. The van der Waals surface area contributed by atoms with Crippen LogP contribution in [0.25, 0.3) is 0 Å². The average Bonchev–Trinajstić information content (AvgIpc) is 2.58. The molecule has 1 heterocycles. The van der Waals surface area contributed by atoms with Gasteiger partial charge < -0.3 is 15.7 Å². The maximum atomic E-state index is 14.0. The molecule has 2 aromatic carbocycles. The Bertz CT molecular complexity index is 754. The second kappa shape index (κ2) is 6.20. The number of carbonyl (C=O) groups excluding carboxylic acids is 1. The van der Waals surface area contributed by atoms with Crippen molar-refractivity contribution < 1.29 is 18.7 Å². The van der Waals surface area contributed by atoms with E-state index in [1.807, 2.05) is 0 Å². The highest BCUT2D eigenvalue weighted by atomic mass is 19.2. The summed E-state index contributed by atoms with van der Waals surface area (Å²) in [7, 11) is 0. The van der Waals surface area contributed by atoms with Gasteiger partial charge >= 0.3 is 0 Å². The average molecular weight is 332 g/mol. The quantitative estimate of drug-likeness (QED) is 0.831. The van der Waals surface area contributed by atoms with Gasteiger partial charge in [-0.3, -0.25) is 4.79 Å². The Kier molecular flexibility index (Phi) is 4.24. The summed E-state index contributed by atoms with van der Waals surface area (Å²) >= 11 is 0. The minimum Gasteiger partial charge on any atom is -0.399 e. The zero-order valence-electron chi connectivity index (χ0n) is 13.0. The van der Waals surface area contributed by atoms with E-state index in [0.29, 0.717) is 11.3 Å². The Balaban J connectivity index is 1.74. The Morgan fingerprint density at radius 1 is 1.08 bits per heavy atom. The molecule has 1 aliphatic rings. The molecule has 1 fully saturated rings. The lowest BCUT2D eigenvalue weighted by atomic mass is 9.84. The molecule has 126 valence electrons. The van der Waals surface area contributed by atoms with Crippen LogP contribution in [-0.2, 0) is 5.60 Å². The summed E-state index contributed by atoms with van der Waals surface area (Å²) in [5, 5.41) is 10.7. The van der Waals surface area contributed by atoms with Crippen LogP contribution in [0.5, 0.6) is 0 Å². The number of aliphatic hydroxyl groups is 1. The van der Waals surface area contributed by atoms with Crippen molar-refractivity contribution in [1.29, 1.82) is 0 Å². The molecule has 0 saturated carbocycles. The second-order valence-electron chi connectivity index (χ2n) is 6.05. The van der Waals surface area contributed by atoms with Crippen LogP contribution >= 0.6 is 0 Å². The number of amides is 1. The van der Waals surface area contributed by atoms with Gasteiger partial charge in [0, 0.05) is 29.9 Å². The number of rotatable bonds is 2. The molecule has 0 aromatic heterocycles. The predicted molar refractivity (Wildman–Crippen MR) is 86.2 cm³/mol. The number of halogens is 2. The molecule has 0 bridgehead atoms. The Morgan fingerprint density at radius 3 is 2.33 bits per heavy atom. The number of piperidine rings is 1. The van der Waals surface area contributed by atoms with E-state index < -0.39 is 17.2 Å². The van der Waals surface area contributed by atoms with Gasteiger partial charge in [-0.2, -0.15) is 0 Å². The third-order valence-corrected chi connectivity index (χ3v) is 4.49. The van der Waals surface area contributed by atoms with Crippen molar-refractivity contribution in [1.82, 2.24) is 4.90 Å². The molecule has 6 heteroatoms. The smallest absolute Gasteiger partial charge is 0.253 e. The van der Waals surface area contributed by atoms with Crippen LogP contribution in [0.2, 0.25) is 0 Å². The zero-order valence-corrected chi connectivity index (χ0v) is 13.0. The molecule has 24 heavy (non-hydrogen) atoms. The summed E-state index contributed by atoms with van der Waals surface area (Å²) in [4.78, 5) is 14.0. The number of nitrogens with two attached hydrogens (primary N) is 1. The van der Waals surface area contributed by atoms with Crippen molar-refractivity contribution in [3.05, 3.63) is 65.2 Å². The fraction of sp³-hybridized carbons (Fsp3) is 0.278. The van der Waals surface area contributed by atoms with Crippen LogP contribution in [-0.4, -0.2) is 29.0 Å². The lowest BCUT2D eigenvalue weighted by Gasteiger charge is -2.38. The third-order valence-electron chi connectivity index (χ3n) is 4.49. The van der Waals surface area contributed by atoms with Gasteiger partial charge in [-0.15, -0.1) is 0 Å². The number of nitrogens with zero attached hydrogens (tertiary/aromatic N) is 1. The molecule has 1 amide bonds. The first kappa shape index (κ1) is 16.4. The van der Waals surface area contributed by atoms with E-state index >= 15 is 0 Å². The number of hydrogen-bond donors (Lipinski definition) is 2. The summed E-state index contributed by atoms with van der Waals surface area (Å²) in [5.41, 5.74) is 5.16. The van der Waals surface area contributed by atoms with E-state index in [2.05, 4.69) is 0 Å². The molecule has 2 aromatic rings. The maximum Gasteiger partial charge on any atom is 0.253 e. The second-order valence-corrected chi connectivity index (χ2v) is 6.05. The van der Waals surface area contributed by atoms with Crippen molar-refractivity contribution in [2.45, 2.75) is 18.4 Å². The van der Waals surface area contributed by atoms with Crippen LogP contribution < -0.4 is 5.73 Å². The highest BCUT2D eigenvalue weighted by Crippen LogP contribution is 2.35. The van der Waals surface area contributed by atoms with Gasteiger partial charge in [0.1, 0.15) is 0 Å². The van der Waals surface area contributed by atoms with Crippen LogP contribution in [0.4, 0.5) is 14.5 Å². The largest absolute Gasteiger partial charge is 0.399 e. The summed E-state index contributed by atoms with van der Waals surface area (Å²) in [6.45, 7) is 0.519. The molecule has 3 rings (SSSR count). The molecular formula is C18H18F2N2O2. The molecule has 0 radical (unpaired) electrons. The number of carbonyl (C=O) groups is 1. The van der Waals surface area contributed by atoms with Gasteiger partial charge in [-0.1, -0.05) is 12.1 Å². The van der Waals surface area contributed by atoms with Gasteiger partial charge in [0.25, 0.3) is 5.91 Å². The van der Waals surface area contributed by atoms with Crippen LogP contribution in [0.3, 0.4) is 0 Å². The molecule has 0 unspecified atom stereocenters. The summed E-state index contributed by atoms with van der Waals surface area (Å²) in [5.74, 6) is -2.18. The summed E-state index contributed by atoms with van der Waals surface area (Å²) < 4.78 is 27.4. The number of anilines is 1. The SMILES string of the molecule is Nc1ccc(C(=O)N2CCC(O)(c3cccc(F)c3F)CC2)cc1. The summed E-state index contributed by atoms with van der Waals surface area (Å²) in [6.07, 6.45) is 0.294. The highest BCUT2D eigenvalue weighted by Gasteiger charge is 2.38. The van der Waals surface area contributed by atoms with E-state index in [1.165, 1.54) is 12.1 Å². The first-order valence-electron chi connectivity index (χ1n) is 7.72. The minimum atomic E-state index is -1.47. The van der Waals surface area contributed by atoms with E-state index in [1.54, 1.807) is 29.2 Å².